The van der Waals surface area contributed by atoms with Gasteiger partial charge in [0.2, 0.25) is 0 Å². The highest BCUT2D eigenvalue weighted by Crippen LogP contribution is 2.31. The fourth-order valence-electron chi connectivity index (χ4n) is 4.30. The second-order valence-electron chi connectivity index (χ2n) is 7.94. The molecule has 0 radical (unpaired) electrons. The Kier molecular flexibility index (Phi) is 6.72. The lowest BCUT2D eigenvalue weighted by Gasteiger charge is -2.30. The highest BCUT2D eigenvalue weighted by atomic mass is 16.5. The number of para-hydroxylation sites is 1. The molecular formula is C24H32N6O. The first-order valence-electron chi connectivity index (χ1n) is 10.9. The summed E-state index contributed by atoms with van der Waals surface area (Å²) in [4.78, 5) is 11.7. The van der Waals surface area contributed by atoms with Gasteiger partial charge in [0.1, 0.15) is 11.4 Å². The van der Waals surface area contributed by atoms with E-state index in [1.54, 1.807) is 14.2 Å². The molecule has 3 heterocycles. The second kappa shape index (κ2) is 9.83. The minimum atomic E-state index is 0.232. The molecule has 1 aliphatic rings. The lowest BCUT2D eigenvalue weighted by atomic mass is 10.0. The van der Waals surface area contributed by atoms with E-state index in [4.69, 9.17) is 9.72 Å². The van der Waals surface area contributed by atoms with E-state index in [0.717, 1.165) is 42.7 Å². The van der Waals surface area contributed by atoms with Crippen LogP contribution in [0.15, 0.2) is 53.7 Å². The van der Waals surface area contributed by atoms with Gasteiger partial charge in [-0.1, -0.05) is 24.3 Å². The highest BCUT2D eigenvalue weighted by Gasteiger charge is 2.26. The number of nitrogens with one attached hydrogen (secondary N) is 2. The van der Waals surface area contributed by atoms with Crippen molar-refractivity contribution in [3.8, 4) is 5.75 Å². The molecule has 164 valence electrons. The average molecular weight is 421 g/mol. The summed E-state index contributed by atoms with van der Waals surface area (Å²) in [6, 6.07) is 14.7. The number of aromatic nitrogens is 2. The van der Waals surface area contributed by atoms with E-state index in [2.05, 4.69) is 56.2 Å². The van der Waals surface area contributed by atoms with Crippen molar-refractivity contribution in [3.63, 3.8) is 0 Å². The van der Waals surface area contributed by atoms with Gasteiger partial charge in [-0.3, -0.25) is 9.89 Å². The number of hydrogen-bond donors (Lipinski definition) is 2. The van der Waals surface area contributed by atoms with Crippen LogP contribution in [0.2, 0.25) is 0 Å². The smallest absolute Gasteiger partial charge is 0.191 e. The van der Waals surface area contributed by atoms with Gasteiger partial charge in [-0.05, 0) is 51.1 Å². The Morgan fingerprint density at radius 1 is 1.13 bits per heavy atom. The van der Waals surface area contributed by atoms with Gasteiger partial charge >= 0.3 is 0 Å². The summed E-state index contributed by atoms with van der Waals surface area (Å²) >= 11 is 0. The van der Waals surface area contributed by atoms with Crippen LogP contribution in [-0.4, -0.2) is 54.0 Å². The van der Waals surface area contributed by atoms with Gasteiger partial charge in [0.25, 0.3) is 0 Å². The average Bonchev–Trinajstić information content (AvgIpc) is 3.47. The SMILES string of the molecule is CN=C(NCc1cn2c(C)cccc2n1)NCC(c1ccccc1OC)N1CCCC1. The molecule has 1 aliphatic heterocycles. The standard InChI is InChI=1S/C24H32N6O/c1-18-9-8-12-23-28-19(17-30(18)23)15-26-24(25-2)27-16-21(29-13-6-7-14-29)20-10-4-5-11-22(20)31-3/h4-5,8-12,17,21H,6-7,13-16H2,1-3H3,(H2,25,26,27). The molecule has 1 aromatic carbocycles. The predicted molar refractivity (Wildman–Crippen MR) is 125 cm³/mol. The summed E-state index contributed by atoms with van der Waals surface area (Å²) in [5.74, 6) is 1.71. The Balaban J connectivity index is 1.43. The third-order valence-corrected chi connectivity index (χ3v) is 5.95. The van der Waals surface area contributed by atoms with E-state index < -0.39 is 0 Å². The Morgan fingerprint density at radius 2 is 1.94 bits per heavy atom. The van der Waals surface area contributed by atoms with Gasteiger partial charge < -0.3 is 19.8 Å². The van der Waals surface area contributed by atoms with Crippen molar-refractivity contribution in [1.82, 2.24) is 24.9 Å². The van der Waals surface area contributed by atoms with Crippen LogP contribution in [0.5, 0.6) is 5.75 Å². The largest absolute Gasteiger partial charge is 0.496 e. The van der Waals surface area contributed by atoms with Crippen LogP contribution in [-0.2, 0) is 6.54 Å². The number of hydrogen-bond acceptors (Lipinski definition) is 4. The van der Waals surface area contributed by atoms with Gasteiger partial charge in [0.05, 0.1) is 25.4 Å². The van der Waals surface area contributed by atoms with Crippen LogP contribution in [0.4, 0.5) is 0 Å². The summed E-state index contributed by atoms with van der Waals surface area (Å²) < 4.78 is 7.76. The molecule has 2 N–H and O–H groups in total. The predicted octanol–water partition coefficient (Wildman–Crippen LogP) is 3.15. The maximum absolute atomic E-state index is 5.65. The first-order chi connectivity index (χ1) is 15.2. The van der Waals surface area contributed by atoms with Gasteiger partial charge in [0.15, 0.2) is 5.96 Å². The molecule has 2 aromatic heterocycles. The topological polar surface area (TPSA) is 66.2 Å². The summed E-state index contributed by atoms with van der Waals surface area (Å²) in [6.45, 7) is 5.67. The number of rotatable bonds is 7. The van der Waals surface area contributed by atoms with Crippen molar-refractivity contribution < 1.29 is 4.74 Å². The fraction of sp³-hybridized carbons (Fsp3) is 0.417. The normalized spacial score (nSPS) is 15.9. The zero-order valence-corrected chi connectivity index (χ0v) is 18.6. The number of likely N-dealkylation sites (tertiary alicyclic amines) is 1. The number of guanidine groups is 1. The molecule has 1 saturated heterocycles. The number of aryl methyl sites for hydroxylation is 1. The number of methoxy groups -OCH3 is 1. The molecule has 1 unspecified atom stereocenters. The molecule has 3 aromatic rings. The van der Waals surface area contributed by atoms with Crippen LogP contribution < -0.4 is 15.4 Å². The van der Waals surface area contributed by atoms with Gasteiger partial charge in [-0.15, -0.1) is 0 Å². The third kappa shape index (κ3) is 4.82. The third-order valence-electron chi connectivity index (χ3n) is 5.95. The Bertz CT molecular complexity index is 1040. The van der Waals surface area contributed by atoms with Crippen LogP contribution in [0, 0.1) is 6.92 Å². The van der Waals surface area contributed by atoms with Crippen molar-refractivity contribution >= 4 is 11.6 Å². The second-order valence-corrected chi connectivity index (χ2v) is 7.94. The molecule has 4 rings (SSSR count). The van der Waals surface area contributed by atoms with Gasteiger partial charge in [-0.25, -0.2) is 4.98 Å². The van der Waals surface area contributed by atoms with E-state index in [1.165, 1.54) is 24.1 Å². The van der Waals surface area contributed by atoms with Crippen molar-refractivity contribution in [1.29, 1.82) is 0 Å². The molecule has 7 nitrogen and oxygen atoms in total. The molecule has 0 saturated carbocycles. The molecule has 0 amide bonds. The minimum Gasteiger partial charge on any atom is -0.496 e. The number of nitrogens with zero attached hydrogens (tertiary/aromatic N) is 4. The molecule has 0 aliphatic carbocycles. The summed E-state index contributed by atoms with van der Waals surface area (Å²) in [6.07, 6.45) is 4.56. The first-order valence-corrected chi connectivity index (χ1v) is 10.9. The number of benzene rings is 1. The van der Waals surface area contributed by atoms with E-state index in [-0.39, 0.29) is 6.04 Å². The number of imidazole rings is 1. The Hall–Kier alpha value is -3.06. The Morgan fingerprint density at radius 3 is 2.68 bits per heavy atom. The van der Waals surface area contributed by atoms with Crippen molar-refractivity contribution in [2.24, 2.45) is 4.99 Å². The number of pyridine rings is 1. The number of ether oxygens (including phenoxy) is 1. The first kappa shape index (κ1) is 21.2. The lowest BCUT2D eigenvalue weighted by molar-refractivity contribution is 0.239. The molecule has 31 heavy (non-hydrogen) atoms. The quantitative estimate of drug-likeness (QED) is 0.454. The zero-order valence-electron chi connectivity index (χ0n) is 18.6. The van der Waals surface area contributed by atoms with Crippen molar-refractivity contribution in [3.05, 3.63) is 65.6 Å². The minimum absolute atomic E-state index is 0.232. The molecule has 0 bridgehead atoms. The molecule has 0 spiro atoms. The molecular weight excluding hydrogens is 388 g/mol. The van der Waals surface area contributed by atoms with Gasteiger partial charge in [0, 0.05) is 31.0 Å². The van der Waals surface area contributed by atoms with Crippen LogP contribution in [0.1, 0.15) is 35.8 Å². The Labute approximate surface area is 184 Å². The molecule has 1 atom stereocenters. The number of aliphatic imine (C=N–C) groups is 1. The zero-order chi connectivity index (χ0) is 21.6. The van der Waals surface area contributed by atoms with Gasteiger partial charge in [-0.2, -0.15) is 0 Å². The molecule has 1 fully saturated rings. The van der Waals surface area contributed by atoms with Crippen molar-refractivity contribution in [2.75, 3.05) is 33.8 Å². The molecule has 7 heteroatoms. The summed E-state index contributed by atoms with van der Waals surface area (Å²) in [5.41, 5.74) is 4.33. The van der Waals surface area contributed by atoms with E-state index in [0.29, 0.717) is 6.54 Å². The van der Waals surface area contributed by atoms with Crippen LogP contribution in [0.3, 0.4) is 0 Å². The van der Waals surface area contributed by atoms with Crippen LogP contribution in [0.25, 0.3) is 5.65 Å². The van der Waals surface area contributed by atoms with E-state index >= 15 is 0 Å². The monoisotopic (exact) mass is 420 g/mol. The van der Waals surface area contributed by atoms with E-state index in [9.17, 15) is 0 Å². The summed E-state index contributed by atoms with van der Waals surface area (Å²) in [7, 11) is 3.54. The maximum Gasteiger partial charge on any atom is 0.191 e. The van der Waals surface area contributed by atoms with Crippen molar-refractivity contribution in [2.45, 2.75) is 32.4 Å². The fourth-order valence-corrected chi connectivity index (χ4v) is 4.30. The van der Waals surface area contributed by atoms with Crippen LogP contribution >= 0.6 is 0 Å². The van der Waals surface area contributed by atoms with E-state index in [1.807, 2.05) is 24.3 Å². The number of fused-ring (bicyclic) bond motifs is 1. The highest BCUT2D eigenvalue weighted by molar-refractivity contribution is 5.79. The maximum atomic E-state index is 5.65. The summed E-state index contributed by atoms with van der Waals surface area (Å²) in [5, 5.41) is 6.92. The lowest BCUT2D eigenvalue weighted by Crippen LogP contribution is -2.42.